The first-order valence-electron chi connectivity index (χ1n) is 4.54. The van der Waals surface area contributed by atoms with Gasteiger partial charge in [-0.1, -0.05) is 5.16 Å². The number of rotatable bonds is 3. The highest BCUT2D eigenvalue weighted by atomic mass is 19.1. The number of ether oxygens (including phenoxy) is 1. The van der Waals surface area contributed by atoms with Crippen LogP contribution in [0.3, 0.4) is 0 Å². The summed E-state index contributed by atoms with van der Waals surface area (Å²) >= 11 is 0. The minimum Gasteiger partial charge on any atom is -0.486 e. The molecule has 0 radical (unpaired) electrons. The van der Waals surface area contributed by atoms with Gasteiger partial charge in [0, 0.05) is 6.07 Å². The largest absolute Gasteiger partial charge is 0.486 e. The first-order chi connectivity index (χ1) is 7.24. The predicted octanol–water partition coefficient (Wildman–Crippen LogP) is 2.70. The Labute approximate surface area is 86.5 Å². The van der Waals surface area contributed by atoms with Gasteiger partial charge in [0.25, 0.3) is 0 Å². The van der Waals surface area contributed by atoms with E-state index in [2.05, 4.69) is 5.16 Å². The molecule has 0 spiro atoms. The zero-order valence-corrected chi connectivity index (χ0v) is 8.24. The van der Waals surface area contributed by atoms with E-state index in [0.717, 1.165) is 5.69 Å². The molecule has 0 saturated heterocycles. The first-order valence-corrected chi connectivity index (χ1v) is 4.54. The summed E-state index contributed by atoms with van der Waals surface area (Å²) in [7, 11) is 0. The standard InChI is InChI=1S/C11H10FNO2/c1-8-6-11(15-13-8)7-14-10-4-2-9(12)3-5-10/h2-6H,7H2,1H3. The molecule has 0 saturated carbocycles. The molecule has 4 heteroatoms. The van der Waals surface area contributed by atoms with Crippen LogP contribution in [0.25, 0.3) is 0 Å². The minimum atomic E-state index is -0.280. The Hall–Kier alpha value is -1.84. The zero-order chi connectivity index (χ0) is 10.7. The average Bonchev–Trinajstić information content (AvgIpc) is 2.64. The van der Waals surface area contributed by atoms with Crippen LogP contribution in [0.2, 0.25) is 0 Å². The summed E-state index contributed by atoms with van der Waals surface area (Å²) in [6.07, 6.45) is 0. The molecule has 0 bridgehead atoms. The number of halogens is 1. The van der Waals surface area contributed by atoms with Gasteiger partial charge < -0.3 is 9.26 Å². The maximum Gasteiger partial charge on any atom is 0.174 e. The van der Waals surface area contributed by atoms with E-state index in [1.807, 2.05) is 6.92 Å². The van der Waals surface area contributed by atoms with Crippen molar-refractivity contribution in [3.05, 3.63) is 47.6 Å². The predicted molar refractivity (Wildman–Crippen MR) is 52.0 cm³/mol. The van der Waals surface area contributed by atoms with Crippen LogP contribution >= 0.6 is 0 Å². The molecule has 0 fully saturated rings. The summed E-state index contributed by atoms with van der Waals surface area (Å²) in [6.45, 7) is 2.14. The van der Waals surface area contributed by atoms with Gasteiger partial charge in [0.1, 0.15) is 18.2 Å². The molecule has 0 unspecified atom stereocenters. The van der Waals surface area contributed by atoms with Crippen LogP contribution in [-0.4, -0.2) is 5.16 Å². The maximum absolute atomic E-state index is 12.6. The van der Waals surface area contributed by atoms with Crippen molar-refractivity contribution < 1.29 is 13.7 Å². The Kier molecular flexibility index (Phi) is 2.67. The van der Waals surface area contributed by atoms with Gasteiger partial charge in [-0.25, -0.2) is 4.39 Å². The van der Waals surface area contributed by atoms with Crippen molar-refractivity contribution in [2.75, 3.05) is 0 Å². The van der Waals surface area contributed by atoms with Crippen molar-refractivity contribution in [3.63, 3.8) is 0 Å². The molecule has 1 aromatic carbocycles. The van der Waals surface area contributed by atoms with Gasteiger partial charge in [0.05, 0.1) is 5.69 Å². The lowest BCUT2D eigenvalue weighted by atomic mass is 10.3. The van der Waals surface area contributed by atoms with Crippen LogP contribution in [0.15, 0.2) is 34.9 Å². The second kappa shape index (κ2) is 4.13. The molecule has 2 aromatic rings. The number of hydrogen-bond donors (Lipinski definition) is 0. The smallest absolute Gasteiger partial charge is 0.174 e. The van der Waals surface area contributed by atoms with Crippen molar-refractivity contribution in [3.8, 4) is 5.75 Å². The Morgan fingerprint density at radius 3 is 2.67 bits per heavy atom. The molecule has 0 N–H and O–H groups in total. The summed E-state index contributed by atoms with van der Waals surface area (Å²) in [6, 6.07) is 7.63. The van der Waals surface area contributed by atoms with Crippen LogP contribution in [0.5, 0.6) is 5.75 Å². The monoisotopic (exact) mass is 207 g/mol. The highest BCUT2D eigenvalue weighted by Crippen LogP contribution is 2.13. The second-order valence-electron chi connectivity index (χ2n) is 3.18. The Bertz CT molecular complexity index is 436. The van der Waals surface area contributed by atoms with Crippen molar-refractivity contribution in [2.45, 2.75) is 13.5 Å². The number of aryl methyl sites for hydroxylation is 1. The molecule has 78 valence electrons. The van der Waals surface area contributed by atoms with Gasteiger partial charge in [-0.2, -0.15) is 0 Å². The number of aromatic nitrogens is 1. The molecule has 0 aliphatic heterocycles. The fourth-order valence-electron chi connectivity index (χ4n) is 1.17. The van der Waals surface area contributed by atoms with Crippen LogP contribution in [0.1, 0.15) is 11.5 Å². The van der Waals surface area contributed by atoms with E-state index in [9.17, 15) is 4.39 Å². The van der Waals surface area contributed by atoms with E-state index >= 15 is 0 Å². The van der Waals surface area contributed by atoms with E-state index in [1.54, 1.807) is 18.2 Å². The minimum absolute atomic E-state index is 0.280. The molecule has 0 atom stereocenters. The van der Waals surface area contributed by atoms with Gasteiger partial charge in [0.2, 0.25) is 0 Å². The fraction of sp³-hybridized carbons (Fsp3) is 0.182. The summed E-state index contributed by atoms with van der Waals surface area (Å²) in [5.41, 5.74) is 0.813. The number of benzene rings is 1. The molecule has 15 heavy (non-hydrogen) atoms. The molecule has 0 aliphatic carbocycles. The molecule has 1 heterocycles. The van der Waals surface area contributed by atoms with Gasteiger partial charge in [0.15, 0.2) is 5.76 Å². The summed E-state index contributed by atoms with van der Waals surface area (Å²) < 4.78 is 22.9. The van der Waals surface area contributed by atoms with Crippen LogP contribution < -0.4 is 4.74 Å². The maximum atomic E-state index is 12.6. The van der Waals surface area contributed by atoms with E-state index in [4.69, 9.17) is 9.26 Å². The zero-order valence-electron chi connectivity index (χ0n) is 8.24. The van der Waals surface area contributed by atoms with Crippen LogP contribution in [0, 0.1) is 12.7 Å². The van der Waals surface area contributed by atoms with E-state index in [0.29, 0.717) is 18.1 Å². The summed E-state index contributed by atoms with van der Waals surface area (Å²) in [4.78, 5) is 0. The molecule has 2 rings (SSSR count). The third-order valence-electron chi connectivity index (χ3n) is 1.87. The summed E-state index contributed by atoms with van der Waals surface area (Å²) in [5, 5.41) is 3.73. The Morgan fingerprint density at radius 1 is 1.33 bits per heavy atom. The van der Waals surface area contributed by atoms with Crippen molar-refractivity contribution in [1.29, 1.82) is 0 Å². The fourth-order valence-corrected chi connectivity index (χ4v) is 1.17. The highest BCUT2D eigenvalue weighted by Gasteiger charge is 2.01. The van der Waals surface area contributed by atoms with Crippen molar-refractivity contribution >= 4 is 0 Å². The molecule has 3 nitrogen and oxygen atoms in total. The average molecular weight is 207 g/mol. The third kappa shape index (κ3) is 2.56. The lowest BCUT2D eigenvalue weighted by molar-refractivity contribution is 0.248. The molecular formula is C11H10FNO2. The lowest BCUT2D eigenvalue weighted by Crippen LogP contribution is -1.93. The molecular weight excluding hydrogens is 197 g/mol. The normalized spacial score (nSPS) is 10.3. The molecule has 0 amide bonds. The topological polar surface area (TPSA) is 35.3 Å². The Morgan fingerprint density at radius 2 is 2.07 bits per heavy atom. The number of hydrogen-bond acceptors (Lipinski definition) is 3. The summed E-state index contributed by atoms with van der Waals surface area (Å²) in [5.74, 6) is 0.972. The van der Waals surface area contributed by atoms with Gasteiger partial charge in [-0.15, -0.1) is 0 Å². The SMILES string of the molecule is Cc1cc(COc2ccc(F)cc2)on1. The van der Waals surface area contributed by atoms with Gasteiger partial charge >= 0.3 is 0 Å². The van der Waals surface area contributed by atoms with Crippen molar-refractivity contribution in [2.24, 2.45) is 0 Å². The quantitative estimate of drug-likeness (QED) is 0.776. The van der Waals surface area contributed by atoms with Gasteiger partial charge in [-0.05, 0) is 31.2 Å². The third-order valence-corrected chi connectivity index (χ3v) is 1.87. The number of nitrogens with zero attached hydrogens (tertiary/aromatic N) is 1. The van der Waals surface area contributed by atoms with Crippen LogP contribution in [-0.2, 0) is 6.61 Å². The van der Waals surface area contributed by atoms with Crippen molar-refractivity contribution in [1.82, 2.24) is 5.16 Å². The highest BCUT2D eigenvalue weighted by molar-refractivity contribution is 5.22. The Balaban J connectivity index is 1.96. The van der Waals surface area contributed by atoms with E-state index in [1.165, 1.54) is 12.1 Å². The second-order valence-corrected chi connectivity index (χ2v) is 3.18. The van der Waals surface area contributed by atoms with Gasteiger partial charge in [-0.3, -0.25) is 0 Å². The molecule has 1 aromatic heterocycles. The van der Waals surface area contributed by atoms with Crippen LogP contribution in [0.4, 0.5) is 4.39 Å². The first kappa shape index (κ1) is 9.71. The lowest BCUT2D eigenvalue weighted by Gasteiger charge is -2.02. The molecule has 0 aliphatic rings. The van der Waals surface area contributed by atoms with E-state index in [-0.39, 0.29) is 5.82 Å². The van der Waals surface area contributed by atoms with E-state index < -0.39 is 0 Å².